The number of methoxy groups -OCH3 is 1. The summed E-state index contributed by atoms with van der Waals surface area (Å²) in [4.78, 5) is 23.6. The quantitative estimate of drug-likeness (QED) is 0.321. The van der Waals surface area contributed by atoms with Gasteiger partial charge >= 0.3 is 5.97 Å². The van der Waals surface area contributed by atoms with E-state index in [0.29, 0.717) is 35.2 Å². The fourth-order valence-electron chi connectivity index (χ4n) is 2.64. The van der Waals surface area contributed by atoms with E-state index < -0.39 is 5.91 Å². The molecule has 0 saturated carbocycles. The molecular weight excluding hydrogens is 400 g/mol. The third-order valence-electron chi connectivity index (χ3n) is 4.12. The molecule has 0 saturated heterocycles. The summed E-state index contributed by atoms with van der Waals surface area (Å²) in [5.41, 5.74) is 3.64. The topological polar surface area (TPSA) is 99.4 Å². The van der Waals surface area contributed by atoms with Crippen LogP contribution in [0, 0.1) is 0 Å². The Morgan fingerprint density at radius 3 is 2.48 bits per heavy atom. The summed E-state index contributed by atoms with van der Waals surface area (Å²) in [5.74, 6) is 1.26. The van der Waals surface area contributed by atoms with Crippen molar-refractivity contribution in [2.24, 2.45) is 5.10 Å². The van der Waals surface area contributed by atoms with Crippen molar-refractivity contribution >= 4 is 18.1 Å². The summed E-state index contributed by atoms with van der Waals surface area (Å²) < 4.78 is 21.3. The molecule has 1 heterocycles. The van der Waals surface area contributed by atoms with Crippen molar-refractivity contribution in [1.82, 2.24) is 5.43 Å². The largest absolute Gasteiger partial charge is 0.493 e. The molecule has 2 aromatic carbocycles. The maximum absolute atomic E-state index is 11.9. The molecule has 160 valence electrons. The molecular formula is C23H22N2O6. The molecule has 0 aliphatic rings. The van der Waals surface area contributed by atoms with Crippen molar-refractivity contribution < 1.29 is 28.2 Å². The number of hydrogen-bond acceptors (Lipinski definition) is 7. The molecule has 1 N–H and O–H groups in total. The first-order valence-corrected chi connectivity index (χ1v) is 9.56. The molecule has 0 radical (unpaired) electrons. The molecule has 1 amide bonds. The highest BCUT2D eigenvalue weighted by molar-refractivity contribution is 5.90. The number of benzene rings is 2. The molecule has 0 unspecified atom stereocenters. The number of hydrogen-bond donors (Lipinski definition) is 1. The summed E-state index contributed by atoms with van der Waals surface area (Å²) in [7, 11) is 1.53. The molecule has 0 aliphatic carbocycles. The number of ether oxygens (including phenoxy) is 3. The Labute approximate surface area is 179 Å². The number of nitrogens with one attached hydrogen (secondary N) is 1. The molecule has 0 bridgehead atoms. The zero-order valence-electron chi connectivity index (χ0n) is 17.2. The minimum atomic E-state index is -0.427. The lowest BCUT2D eigenvalue weighted by Crippen LogP contribution is -2.24. The zero-order chi connectivity index (χ0) is 22.1. The van der Waals surface area contributed by atoms with Crippen LogP contribution in [-0.4, -0.2) is 38.4 Å². The summed E-state index contributed by atoms with van der Waals surface area (Å²) in [6, 6.07) is 17.4. The number of hydrazone groups is 1. The Balaban J connectivity index is 1.52. The molecule has 3 rings (SSSR count). The predicted molar refractivity (Wildman–Crippen MR) is 114 cm³/mol. The van der Waals surface area contributed by atoms with E-state index in [1.165, 1.54) is 13.3 Å². The SMILES string of the molecule is CCOC(=O)c1ccc(-c2ccc(/C=N\NC(=O)COc3ccccc3OC)o2)cc1. The average molecular weight is 422 g/mol. The number of carbonyl (C=O) groups excluding carboxylic acids is 2. The Bertz CT molecular complexity index is 1060. The van der Waals surface area contributed by atoms with Gasteiger partial charge in [-0.3, -0.25) is 4.79 Å². The molecule has 0 fully saturated rings. The standard InChI is InChI=1S/C23H22N2O6/c1-3-29-23(27)17-10-8-16(9-11-17)19-13-12-18(31-19)14-24-25-22(26)15-30-21-7-5-4-6-20(21)28-2/h4-14H,3,15H2,1-2H3,(H,25,26)/b24-14-. The number of amides is 1. The highest BCUT2D eigenvalue weighted by Crippen LogP contribution is 2.25. The lowest BCUT2D eigenvalue weighted by atomic mass is 10.1. The van der Waals surface area contributed by atoms with Crippen molar-refractivity contribution in [2.75, 3.05) is 20.3 Å². The number of nitrogens with zero attached hydrogens (tertiary/aromatic N) is 1. The lowest BCUT2D eigenvalue weighted by molar-refractivity contribution is -0.123. The Morgan fingerprint density at radius 1 is 1.03 bits per heavy atom. The van der Waals surface area contributed by atoms with Crippen molar-refractivity contribution in [3.05, 3.63) is 72.0 Å². The number of furan rings is 1. The van der Waals surface area contributed by atoms with Gasteiger partial charge in [0.05, 0.1) is 25.5 Å². The van der Waals surface area contributed by atoms with Crippen LogP contribution >= 0.6 is 0 Å². The van der Waals surface area contributed by atoms with Gasteiger partial charge in [-0.05, 0) is 43.3 Å². The number of rotatable bonds is 9. The fraction of sp³-hybridized carbons (Fsp3) is 0.174. The van der Waals surface area contributed by atoms with Crippen molar-refractivity contribution in [3.63, 3.8) is 0 Å². The van der Waals surface area contributed by atoms with E-state index in [1.807, 2.05) is 6.07 Å². The van der Waals surface area contributed by atoms with E-state index >= 15 is 0 Å². The smallest absolute Gasteiger partial charge is 0.338 e. The maximum Gasteiger partial charge on any atom is 0.338 e. The van der Waals surface area contributed by atoms with E-state index in [2.05, 4.69) is 10.5 Å². The average Bonchev–Trinajstić information content (AvgIpc) is 3.27. The molecule has 0 spiro atoms. The van der Waals surface area contributed by atoms with Gasteiger partial charge < -0.3 is 18.6 Å². The van der Waals surface area contributed by atoms with Crippen LogP contribution in [0.2, 0.25) is 0 Å². The third kappa shape index (κ3) is 5.96. The second kappa shape index (κ2) is 10.6. The minimum Gasteiger partial charge on any atom is -0.493 e. The normalized spacial score (nSPS) is 10.6. The number of esters is 1. The Hall–Kier alpha value is -4.07. The minimum absolute atomic E-state index is 0.214. The van der Waals surface area contributed by atoms with Gasteiger partial charge in [-0.25, -0.2) is 10.2 Å². The maximum atomic E-state index is 11.9. The number of para-hydroxylation sites is 2. The van der Waals surface area contributed by atoms with Crippen LogP contribution in [0.4, 0.5) is 0 Å². The van der Waals surface area contributed by atoms with Crippen molar-refractivity contribution in [1.29, 1.82) is 0 Å². The van der Waals surface area contributed by atoms with Gasteiger partial charge in [-0.1, -0.05) is 24.3 Å². The highest BCUT2D eigenvalue weighted by atomic mass is 16.5. The van der Waals surface area contributed by atoms with Crippen LogP contribution in [0.25, 0.3) is 11.3 Å². The van der Waals surface area contributed by atoms with E-state index in [4.69, 9.17) is 18.6 Å². The predicted octanol–water partition coefficient (Wildman–Crippen LogP) is 3.66. The van der Waals surface area contributed by atoms with E-state index in [-0.39, 0.29) is 12.6 Å². The first kappa shape index (κ1) is 21.6. The highest BCUT2D eigenvalue weighted by Gasteiger charge is 2.09. The zero-order valence-corrected chi connectivity index (χ0v) is 17.2. The van der Waals surface area contributed by atoms with Crippen LogP contribution < -0.4 is 14.9 Å². The first-order chi connectivity index (χ1) is 15.1. The molecule has 1 aromatic heterocycles. The van der Waals surface area contributed by atoms with E-state index in [1.54, 1.807) is 61.5 Å². The summed E-state index contributed by atoms with van der Waals surface area (Å²) in [6.07, 6.45) is 1.39. The second-order valence-corrected chi connectivity index (χ2v) is 6.23. The molecule has 3 aromatic rings. The van der Waals surface area contributed by atoms with Gasteiger partial charge in [0, 0.05) is 5.56 Å². The molecule has 0 atom stereocenters. The van der Waals surface area contributed by atoms with Gasteiger partial charge in [0.25, 0.3) is 5.91 Å². The summed E-state index contributed by atoms with van der Waals surface area (Å²) >= 11 is 0. The third-order valence-corrected chi connectivity index (χ3v) is 4.12. The van der Waals surface area contributed by atoms with Gasteiger partial charge in [0.15, 0.2) is 18.1 Å². The Kier molecular flexibility index (Phi) is 7.42. The van der Waals surface area contributed by atoms with Crippen molar-refractivity contribution in [2.45, 2.75) is 6.92 Å². The van der Waals surface area contributed by atoms with Crippen LogP contribution in [-0.2, 0) is 9.53 Å². The van der Waals surface area contributed by atoms with Gasteiger partial charge in [-0.2, -0.15) is 5.10 Å². The summed E-state index contributed by atoms with van der Waals surface area (Å²) in [5, 5.41) is 3.87. The van der Waals surface area contributed by atoms with E-state index in [0.717, 1.165) is 5.56 Å². The monoisotopic (exact) mass is 422 g/mol. The van der Waals surface area contributed by atoms with Crippen LogP contribution in [0.3, 0.4) is 0 Å². The van der Waals surface area contributed by atoms with Crippen molar-refractivity contribution in [3.8, 4) is 22.8 Å². The van der Waals surface area contributed by atoms with Crippen LogP contribution in [0.15, 0.2) is 70.2 Å². The van der Waals surface area contributed by atoms with Gasteiger partial charge in [-0.15, -0.1) is 0 Å². The lowest BCUT2D eigenvalue weighted by Gasteiger charge is -2.08. The molecule has 8 nitrogen and oxygen atoms in total. The number of carbonyl (C=O) groups is 2. The molecule has 31 heavy (non-hydrogen) atoms. The molecule has 0 aliphatic heterocycles. The second-order valence-electron chi connectivity index (χ2n) is 6.23. The summed E-state index contributed by atoms with van der Waals surface area (Å²) in [6.45, 7) is 1.87. The van der Waals surface area contributed by atoms with Crippen LogP contribution in [0.1, 0.15) is 23.0 Å². The van der Waals surface area contributed by atoms with Gasteiger partial charge in [0.2, 0.25) is 0 Å². The fourth-order valence-corrected chi connectivity index (χ4v) is 2.64. The Morgan fingerprint density at radius 2 is 1.77 bits per heavy atom. The van der Waals surface area contributed by atoms with E-state index in [9.17, 15) is 9.59 Å². The van der Waals surface area contributed by atoms with Gasteiger partial charge in [0.1, 0.15) is 11.5 Å². The van der Waals surface area contributed by atoms with Crippen LogP contribution in [0.5, 0.6) is 11.5 Å². The first-order valence-electron chi connectivity index (χ1n) is 9.56. The molecule has 8 heteroatoms.